The third-order valence-electron chi connectivity index (χ3n) is 3.92. The van der Waals surface area contributed by atoms with Crippen LogP contribution in [0.4, 0.5) is 0 Å². The molecule has 3 aromatic rings. The minimum Gasteiger partial charge on any atom is -0.492 e. The average molecular weight is 319 g/mol. The van der Waals surface area contributed by atoms with Gasteiger partial charge in [-0.2, -0.15) is 5.26 Å². The molecule has 1 aromatic heterocycles. The molecule has 0 radical (unpaired) electrons. The van der Waals surface area contributed by atoms with Crippen LogP contribution < -0.4 is 16.0 Å². The van der Waals surface area contributed by atoms with Gasteiger partial charge in [-0.25, -0.2) is 0 Å². The van der Waals surface area contributed by atoms with Crippen LogP contribution in [0.5, 0.6) is 5.75 Å². The number of rotatable bonds is 4. The Morgan fingerprint density at radius 2 is 1.92 bits per heavy atom. The van der Waals surface area contributed by atoms with Crippen molar-refractivity contribution in [3.8, 4) is 22.9 Å². The Kier molecular flexibility index (Phi) is 4.32. The molecular weight excluding hydrogens is 302 g/mol. The Labute approximate surface area is 139 Å². The van der Waals surface area contributed by atoms with Crippen molar-refractivity contribution < 1.29 is 4.74 Å². The van der Waals surface area contributed by atoms with Crippen molar-refractivity contribution in [1.82, 2.24) is 4.57 Å². The zero-order valence-corrected chi connectivity index (χ0v) is 13.3. The molecule has 120 valence electrons. The molecule has 5 heteroatoms. The molecule has 0 atom stereocenters. The van der Waals surface area contributed by atoms with E-state index in [9.17, 15) is 10.1 Å². The van der Waals surface area contributed by atoms with Crippen molar-refractivity contribution in [1.29, 1.82) is 5.26 Å². The molecular formula is C19H17N3O2. The summed E-state index contributed by atoms with van der Waals surface area (Å²) in [5.74, 6) is 0.627. The number of hydrogen-bond donors (Lipinski definition) is 1. The van der Waals surface area contributed by atoms with Crippen molar-refractivity contribution in [2.45, 2.75) is 0 Å². The fourth-order valence-corrected chi connectivity index (χ4v) is 2.79. The minimum atomic E-state index is -0.202. The maximum atomic E-state index is 12.6. The lowest BCUT2D eigenvalue weighted by Crippen LogP contribution is -2.20. The Morgan fingerprint density at radius 1 is 1.17 bits per heavy atom. The largest absolute Gasteiger partial charge is 0.492 e. The smallest absolute Gasteiger partial charge is 0.259 e. The number of hydrogen-bond acceptors (Lipinski definition) is 4. The molecule has 1 heterocycles. The molecule has 2 N–H and O–H groups in total. The van der Waals surface area contributed by atoms with Crippen molar-refractivity contribution in [2.75, 3.05) is 13.2 Å². The van der Waals surface area contributed by atoms with E-state index in [1.54, 1.807) is 25.2 Å². The van der Waals surface area contributed by atoms with Crippen molar-refractivity contribution in [2.24, 2.45) is 12.8 Å². The number of ether oxygens (including phenoxy) is 1. The second-order valence-electron chi connectivity index (χ2n) is 5.41. The molecule has 0 aliphatic rings. The van der Waals surface area contributed by atoms with Crippen molar-refractivity contribution >= 4 is 10.8 Å². The highest BCUT2D eigenvalue weighted by atomic mass is 16.5. The van der Waals surface area contributed by atoms with Crippen LogP contribution in [-0.4, -0.2) is 17.7 Å². The third-order valence-corrected chi connectivity index (χ3v) is 3.92. The van der Waals surface area contributed by atoms with E-state index < -0.39 is 0 Å². The predicted molar refractivity (Wildman–Crippen MR) is 93.9 cm³/mol. The molecule has 0 saturated heterocycles. The molecule has 0 unspecified atom stereocenters. The highest BCUT2D eigenvalue weighted by Crippen LogP contribution is 2.32. The summed E-state index contributed by atoms with van der Waals surface area (Å²) in [5, 5.41) is 10.9. The van der Waals surface area contributed by atoms with Crippen LogP contribution in [0.2, 0.25) is 0 Å². The van der Waals surface area contributed by atoms with Gasteiger partial charge in [-0.05, 0) is 23.8 Å². The normalized spacial score (nSPS) is 10.5. The van der Waals surface area contributed by atoms with Crippen molar-refractivity contribution in [3.63, 3.8) is 0 Å². The summed E-state index contributed by atoms with van der Waals surface area (Å²) >= 11 is 0. The SMILES string of the molecule is Cn1c(C#N)c(-c2ccccc2)c2cc(OCCN)ccc2c1=O. The first-order valence-electron chi connectivity index (χ1n) is 7.62. The first kappa shape index (κ1) is 15.8. The maximum absolute atomic E-state index is 12.6. The van der Waals surface area contributed by atoms with Gasteiger partial charge in [0.2, 0.25) is 0 Å². The molecule has 0 bridgehead atoms. The average Bonchev–Trinajstić information content (AvgIpc) is 2.63. The molecule has 0 amide bonds. The topological polar surface area (TPSA) is 81.0 Å². The molecule has 0 aliphatic carbocycles. The summed E-state index contributed by atoms with van der Waals surface area (Å²) in [4.78, 5) is 12.6. The van der Waals surface area contributed by atoms with Gasteiger partial charge in [0.25, 0.3) is 5.56 Å². The van der Waals surface area contributed by atoms with Gasteiger partial charge < -0.3 is 15.0 Å². The zero-order chi connectivity index (χ0) is 17.1. The van der Waals surface area contributed by atoms with E-state index in [0.717, 1.165) is 11.1 Å². The van der Waals surface area contributed by atoms with Gasteiger partial charge in [-0.1, -0.05) is 30.3 Å². The Hall–Kier alpha value is -3.10. The number of pyridine rings is 1. The quantitative estimate of drug-likeness (QED) is 0.800. The van der Waals surface area contributed by atoms with E-state index in [1.165, 1.54) is 4.57 Å². The fourth-order valence-electron chi connectivity index (χ4n) is 2.79. The van der Waals surface area contributed by atoms with E-state index in [1.807, 2.05) is 30.3 Å². The van der Waals surface area contributed by atoms with Crippen LogP contribution >= 0.6 is 0 Å². The summed E-state index contributed by atoms with van der Waals surface area (Å²) in [7, 11) is 1.62. The van der Waals surface area contributed by atoms with Crippen LogP contribution in [0.1, 0.15) is 5.69 Å². The lowest BCUT2D eigenvalue weighted by Gasteiger charge is -2.14. The molecule has 0 aliphatic heterocycles. The first-order valence-corrected chi connectivity index (χ1v) is 7.62. The summed E-state index contributed by atoms with van der Waals surface area (Å²) in [6.07, 6.45) is 0. The Bertz CT molecular complexity index is 985. The molecule has 0 spiro atoms. The predicted octanol–water partition coefficient (Wildman–Crippen LogP) is 2.41. The summed E-state index contributed by atoms with van der Waals surface area (Å²) in [6, 6.07) is 17.0. The number of nitrogens with zero attached hydrogens (tertiary/aromatic N) is 2. The van der Waals surface area contributed by atoms with Crippen LogP contribution in [-0.2, 0) is 7.05 Å². The van der Waals surface area contributed by atoms with Gasteiger partial charge in [0, 0.05) is 29.9 Å². The highest BCUT2D eigenvalue weighted by Gasteiger charge is 2.16. The number of fused-ring (bicyclic) bond motifs is 1. The van der Waals surface area contributed by atoms with Crippen LogP contribution in [0, 0.1) is 11.3 Å². The Balaban J connectivity index is 2.39. The van der Waals surface area contributed by atoms with Crippen LogP contribution in [0.15, 0.2) is 53.3 Å². The van der Waals surface area contributed by atoms with Gasteiger partial charge in [-0.3, -0.25) is 4.79 Å². The number of benzene rings is 2. The summed E-state index contributed by atoms with van der Waals surface area (Å²) in [5.41, 5.74) is 7.21. The van der Waals surface area contributed by atoms with E-state index in [4.69, 9.17) is 10.5 Å². The van der Waals surface area contributed by atoms with Gasteiger partial charge in [-0.15, -0.1) is 0 Å². The molecule has 3 rings (SSSR count). The second-order valence-corrected chi connectivity index (χ2v) is 5.41. The first-order chi connectivity index (χ1) is 11.7. The van der Waals surface area contributed by atoms with Gasteiger partial charge in [0.1, 0.15) is 24.1 Å². The molecule has 24 heavy (non-hydrogen) atoms. The fraction of sp³-hybridized carbons (Fsp3) is 0.158. The lowest BCUT2D eigenvalue weighted by atomic mass is 9.97. The summed E-state index contributed by atoms with van der Waals surface area (Å²) in [6.45, 7) is 0.797. The van der Waals surface area contributed by atoms with Crippen molar-refractivity contribution in [3.05, 3.63) is 64.6 Å². The summed E-state index contributed by atoms with van der Waals surface area (Å²) < 4.78 is 6.97. The number of nitriles is 1. The Morgan fingerprint density at radius 3 is 2.58 bits per heavy atom. The molecule has 0 fully saturated rings. The van der Waals surface area contributed by atoms with E-state index in [-0.39, 0.29) is 5.56 Å². The third kappa shape index (κ3) is 2.64. The van der Waals surface area contributed by atoms with Crippen LogP contribution in [0.25, 0.3) is 21.9 Å². The monoisotopic (exact) mass is 319 g/mol. The van der Waals surface area contributed by atoms with Gasteiger partial charge in [0.05, 0.1) is 0 Å². The van der Waals surface area contributed by atoms with Gasteiger partial charge in [0.15, 0.2) is 0 Å². The molecule has 2 aromatic carbocycles. The van der Waals surface area contributed by atoms with Crippen LogP contribution in [0.3, 0.4) is 0 Å². The molecule has 0 saturated carbocycles. The zero-order valence-electron chi connectivity index (χ0n) is 13.3. The van der Waals surface area contributed by atoms with E-state index >= 15 is 0 Å². The number of nitrogens with two attached hydrogens (primary N) is 1. The second kappa shape index (κ2) is 6.57. The van der Waals surface area contributed by atoms with Gasteiger partial charge >= 0.3 is 0 Å². The molecule has 5 nitrogen and oxygen atoms in total. The number of aromatic nitrogens is 1. The van der Waals surface area contributed by atoms with E-state index in [0.29, 0.717) is 35.4 Å². The maximum Gasteiger partial charge on any atom is 0.259 e. The standard InChI is InChI=1S/C19H17N3O2/c1-22-17(12-21)18(13-5-3-2-4-6-13)16-11-14(24-10-9-20)7-8-15(16)19(22)23/h2-8,11H,9-10,20H2,1H3. The minimum absolute atomic E-state index is 0.202. The van der Waals surface area contributed by atoms with E-state index in [2.05, 4.69) is 6.07 Å². The lowest BCUT2D eigenvalue weighted by molar-refractivity contribution is 0.329. The highest BCUT2D eigenvalue weighted by molar-refractivity contribution is 5.99.